The molecule has 0 radical (unpaired) electrons. The van der Waals surface area contributed by atoms with Crippen LogP contribution in [0.1, 0.15) is 49.1 Å². The lowest BCUT2D eigenvalue weighted by Gasteiger charge is -2.28. The molecule has 1 heterocycles. The number of halogens is 4. The van der Waals surface area contributed by atoms with Crippen LogP contribution in [0.4, 0.5) is 18.9 Å². The number of nitrogens with zero attached hydrogens (tertiary/aromatic N) is 1. The smallest absolute Gasteiger partial charge is 0.392 e. The standard InChI is InChI=1S/C26H28ClF3N2O2/c1-15(26(28,29)30)21(19-6-5-17-9-10-32(2)24(17)12-19)14-31-23-11-18(7-8-22(23)27)20(13-25(33)34)16-3-4-16/h5-12,15-16,20-21,31H,3-4,13-14H2,1-2H3,(H,33,34)/t15-,20+,21+/m1/s1. The number of nitrogens with one attached hydrogen (secondary N) is 1. The summed E-state index contributed by atoms with van der Waals surface area (Å²) in [5.74, 6) is -3.08. The van der Waals surface area contributed by atoms with Gasteiger partial charge in [0, 0.05) is 31.2 Å². The van der Waals surface area contributed by atoms with Crippen LogP contribution in [0.3, 0.4) is 0 Å². The Bertz CT molecular complexity index is 1190. The van der Waals surface area contributed by atoms with E-state index in [1.54, 1.807) is 18.2 Å². The van der Waals surface area contributed by atoms with Crippen molar-refractivity contribution in [2.45, 2.75) is 44.2 Å². The van der Waals surface area contributed by atoms with E-state index in [9.17, 15) is 23.1 Å². The number of benzene rings is 2. The van der Waals surface area contributed by atoms with Gasteiger partial charge in [-0.25, -0.2) is 0 Å². The fraction of sp³-hybridized carbons (Fsp3) is 0.423. The summed E-state index contributed by atoms with van der Waals surface area (Å²) < 4.78 is 43.3. The molecule has 1 aromatic heterocycles. The maximum Gasteiger partial charge on any atom is 0.392 e. The van der Waals surface area contributed by atoms with Crippen LogP contribution in [0.15, 0.2) is 48.7 Å². The molecule has 0 amide bonds. The third kappa shape index (κ3) is 5.35. The number of alkyl halides is 3. The van der Waals surface area contributed by atoms with Crippen LogP contribution in [0.5, 0.6) is 0 Å². The van der Waals surface area contributed by atoms with E-state index in [2.05, 4.69) is 5.32 Å². The third-order valence-electron chi connectivity index (χ3n) is 6.98. The second kappa shape index (κ2) is 9.53. The van der Waals surface area contributed by atoms with Crippen LogP contribution in [-0.2, 0) is 11.8 Å². The molecule has 0 unspecified atom stereocenters. The topological polar surface area (TPSA) is 54.3 Å². The Labute approximate surface area is 201 Å². The Morgan fingerprint density at radius 1 is 1.18 bits per heavy atom. The number of aryl methyl sites for hydroxylation is 1. The summed E-state index contributed by atoms with van der Waals surface area (Å²) in [6.07, 6.45) is -0.490. The number of anilines is 1. The number of hydrogen-bond acceptors (Lipinski definition) is 2. The van der Waals surface area contributed by atoms with Crippen molar-refractivity contribution >= 4 is 34.2 Å². The molecule has 1 saturated carbocycles. The summed E-state index contributed by atoms with van der Waals surface area (Å²) in [7, 11) is 1.87. The average molecular weight is 493 g/mol. The van der Waals surface area contributed by atoms with E-state index < -0.39 is 24.0 Å². The van der Waals surface area contributed by atoms with Crippen molar-refractivity contribution in [2.24, 2.45) is 18.9 Å². The fourth-order valence-corrected chi connectivity index (χ4v) is 4.88. The lowest BCUT2D eigenvalue weighted by molar-refractivity contribution is -0.174. The Balaban J connectivity index is 1.62. The summed E-state index contributed by atoms with van der Waals surface area (Å²) >= 11 is 6.38. The molecule has 0 aliphatic heterocycles. The van der Waals surface area contributed by atoms with Gasteiger partial charge in [0.2, 0.25) is 0 Å². The van der Waals surface area contributed by atoms with E-state index in [4.69, 9.17) is 11.6 Å². The normalized spacial score (nSPS) is 16.9. The third-order valence-corrected chi connectivity index (χ3v) is 7.31. The van der Waals surface area contributed by atoms with Gasteiger partial charge < -0.3 is 15.0 Å². The van der Waals surface area contributed by atoms with Crippen LogP contribution in [-0.4, -0.2) is 28.4 Å². The number of hydrogen-bond donors (Lipinski definition) is 2. The van der Waals surface area contributed by atoms with Gasteiger partial charge in [0.15, 0.2) is 0 Å². The first-order chi connectivity index (χ1) is 16.0. The Kier molecular flexibility index (Phi) is 6.85. The fourth-order valence-electron chi connectivity index (χ4n) is 4.69. The second-order valence-corrected chi connectivity index (χ2v) is 9.75. The highest BCUT2D eigenvalue weighted by Crippen LogP contribution is 2.46. The zero-order chi connectivity index (χ0) is 24.6. The maximum absolute atomic E-state index is 13.8. The molecule has 182 valence electrons. The molecule has 1 fully saturated rings. The van der Waals surface area contributed by atoms with Crippen molar-refractivity contribution in [3.63, 3.8) is 0 Å². The SMILES string of the molecule is C[C@H]([C@H](CNc1cc([C@@H](CC(=O)O)C2CC2)ccc1Cl)c1ccc2ccn(C)c2c1)C(F)(F)F. The van der Waals surface area contributed by atoms with E-state index in [1.807, 2.05) is 42.1 Å². The second-order valence-electron chi connectivity index (χ2n) is 9.34. The minimum atomic E-state index is -4.36. The zero-order valence-electron chi connectivity index (χ0n) is 19.1. The molecule has 3 aromatic rings. The number of rotatable bonds is 9. The van der Waals surface area contributed by atoms with Crippen molar-refractivity contribution in [3.05, 3.63) is 64.8 Å². The summed E-state index contributed by atoms with van der Waals surface area (Å²) in [5.41, 5.74) is 2.84. The van der Waals surface area contributed by atoms with Gasteiger partial charge in [-0.3, -0.25) is 4.79 Å². The first-order valence-electron chi connectivity index (χ1n) is 11.4. The van der Waals surface area contributed by atoms with Gasteiger partial charge >= 0.3 is 12.1 Å². The lowest BCUT2D eigenvalue weighted by atomic mass is 9.86. The predicted molar refractivity (Wildman–Crippen MR) is 129 cm³/mol. The predicted octanol–water partition coefficient (Wildman–Crippen LogP) is 7.19. The van der Waals surface area contributed by atoms with Gasteiger partial charge in [-0.15, -0.1) is 0 Å². The molecule has 3 atom stereocenters. The van der Waals surface area contributed by atoms with E-state index >= 15 is 0 Å². The maximum atomic E-state index is 13.8. The number of carboxylic acids is 1. The quantitative estimate of drug-likeness (QED) is 0.332. The Morgan fingerprint density at radius 2 is 1.88 bits per heavy atom. The van der Waals surface area contributed by atoms with Crippen molar-refractivity contribution in [3.8, 4) is 0 Å². The van der Waals surface area contributed by atoms with Gasteiger partial charge in [0.25, 0.3) is 0 Å². The van der Waals surface area contributed by atoms with Gasteiger partial charge in [0.05, 0.1) is 23.0 Å². The minimum absolute atomic E-state index is 0.0240. The van der Waals surface area contributed by atoms with E-state index in [1.165, 1.54) is 6.92 Å². The van der Waals surface area contributed by atoms with E-state index in [0.29, 0.717) is 22.2 Å². The number of fused-ring (bicyclic) bond motifs is 1. The molecular weight excluding hydrogens is 465 g/mol. The molecule has 34 heavy (non-hydrogen) atoms. The van der Waals surface area contributed by atoms with Crippen LogP contribution in [0.2, 0.25) is 5.02 Å². The lowest BCUT2D eigenvalue weighted by Crippen LogP contribution is -2.30. The van der Waals surface area contributed by atoms with Gasteiger partial charge in [0.1, 0.15) is 0 Å². The van der Waals surface area contributed by atoms with Gasteiger partial charge in [-0.2, -0.15) is 13.2 Å². The van der Waals surface area contributed by atoms with E-state index in [0.717, 1.165) is 29.3 Å². The molecule has 1 aliphatic carbocycles. The first-order valence-corrected chi connectivity index (χ1v) is 11.8. The van der Waals surface area contributed by atoms with Crippen LogP contribution >= 0.6 is 11.6 Å². The number of aromatic nitrogens is 1. The molecule has 0 saturated heterocycles. The van der Waals surface area contributed by atoms with Crippen LogP contribution in [0, 0.1) is 11.8 Å². The number of aliphatic carboxylic acids is 1. The molecule has 0 bridgehead atoms. The van der Waals surface area contributed by atoms with E-state index in [-0.39, 0.29) is 18.9 Å². The Morgan fingerprint density at radius 3 is 2.53 bits per heavy atom. The summed E-state index contributed by atoms with van der Waals surface area (Å²) in [5, 5.41) is 13.8. The number of carbonyl (C=O) groups is 1. The highest BCUT2D eigenvalue weighted by molar-refractivity contribution is 6.33. The monoisotopic (exact) mass is 492 g/mol. The van der Waals surface area contributed by atoms with Crippen LogP contribution < -0.4 is 5.32 Å². The molecule has 0 spiro atoms. The van der Waals surface area contributed by atoms with Crippen molar-refractivity contribution in [2.75, 3.05) is 11.9 Å². The average Bonchev–Trinajstić information content (AvgIpc) is 3.55. The van der Waals surface area contributed by atoms with Crippen molar-refractivity contribution in [1.29, 1.82) is 0 Å². The molecule has 1 aliphatic rings. The van der Waals surface area contributed by atoms with Gasteiger partial charge in [-0.1, -0.05) is 36.7 Å². The summed E-state index contributed by atoms with van der Waals surface area (Å²) in [6, 6.07) is 12.7. The molecule has 4 nitrogen and oxygen atoms in total. The molecule has 2 aromatic carbocycles. The van der Waals surface area contributed by atoms with Gasteiger partial charge in [-0.05, 0) is 65.5 Å². The first kappa shape index (κ1) is 24.5. The number of carboxylic acid groups (broad SMARTS) is 1. The molecule has 4 rings (SSSR count). The van der Waals surface area contributed by atoms with Crippen molar-refractivity contribution in [1.82, 2.24) is 4.57 Å². The minimum Gasteiger partial charge on any atom is -0.481 e. The molecule has 2 N–H and O–H groups in total. The Hall–Kier alpha value is -2.67. The zero-order valence-corrected chi connectivity index (χ0v) is 19.8. The molecular formula is C26H28ClF3N2O2. The summed E-state index contributed by atoms with van der Waals surface area (Å²) in [4.78, 5) is 11.4. The highest BCUT2D eigenvalue weighted by atomic mass is 35.5. The van der Waals surface area contributed by atoms with Crippen LogP contribution in [0.25, 0.3) is 10.9 Å². The highest BCUT2D eigenvalue weighted by Gasteiger charge is 2.42. The molecule has 8 heteroatoms. The largest absolute Gasteiger partial charge is 0.481 e. The van der Waals surface area contributed by atoms with Crippen molar-refractivity contribution < 1.29 is 23.1 Å². The summed E-state index contributed by atoms with van der Waals surface area (Å²) in [6.45, 7) is 1.24.